The molecule has 0 aliphatic carbocycles. The van der Waals surface area contributed by atoms with Crippen molar-refractivity contribution in [2.75, 3.05) is 23.7 Å². The zero-order valence-corrected chi connectivity index (χ0v) is 22.7. The lowest BCUT2D eigenvalue weighted by Gasteiger charge is -2.33. The number of carbonyl (C=O) groups excluding carboxylic acids is 2. The third-order valence-corrected chi connectivity index (χ3v) is 7.31. The molecule has 2 amide bonds. The molecule has 0 saturated carbocycles. The summed E-state index contributed by atoms with van der Waals surface area (Å²) in [7, 11) is -3.77. The van der Waals surface area contributed by atoms with Crippen molar-refractivity contribution in [3.8, 4) is 0 Å². The summed E-state index contributed by atoms with van der Waals surface area (Å²) in [5, 5.41) is 3.38. The smallest absolute Gasteiger partial charge is 0.244 e. The van der Waals surface area contributed by atoms with E-state index >= 15 is 0 Å². The van der Waals surface area contributed by atoms with E-state index in [4.69, 9.17) is 11.6 Å². The maximum absolute atomic E-state index is 13.7. The Balaban J connectivity index is 2.45. The van der Waals surface area contributed by atoms with Gasteiger partial charge in [0, 0.05) is 18.1 Å². The standard InChI is InChI=1S/C26H36ClN3O4S/c1-6-8-15-28-26(32)23(7-2)29(17-21-11-9-10-12-22(21)27)25(31)18-30(35(5,33)34)24-14-13-19(3)16-20(24)4/h9-14,16,23H,6-8,15,17-18H2,1-5H3,(H,28,32)/t23-/m1/s1. The van der Waals surface area contributed by atoms with Crippen molar-refractivity contribution in [2.24, 2.45) is 0 Å². The highest BCUT2D eigenvalue weighted by atomic mass is 35.5. The van der Waals surface area contributed by atoms with Gasteiger partial charge in [-0.05, 0) is 49.9 Å². The van der Waals surface area contributed by atoms with Gasteiger partial charge in [0.1, 0.15) is 12.6 Å². The fraction of sp³-hybridized carbons (Fsp3) is 0.462. The van der Waals surface area contributed by atoms with Crippen molar-refractivity contribution in [3.63, 3.8) is 0 Å². The summed E-state index contributed by atoms with van der Waals surface area (Å²) in [4.78, 5) is 28.2. The zero-order chi connectivity index (χ0) is 26.2. The summed E-state index contributed by atoms with van der Waals surface area (Å²) in [5.74, 6) is -0.744. The lowest BCUT2D eigenvalue weighted by Crippen LogP contribution is -2.52. The Morgan fingerprint density at radius 2 is 1.77 bits per heavy atom. The van der Waals surface area contributed by atoms with Crippen molar-refractivity contribution in [1.82, 2.24) is 10.2 Å². The van der Waals surface area contributed by atoms with Gasteiger partial charge >= 0.3 is 0 Å². The van der Waals surface area contributed by atoms with Crippen LogP contribution < -0.4 is 9.62 Å². The van der Waals surface area contributed by atoms with Crippen LogP contribution in [0.2, 0.25) is 5.02 Å². The number of benzene rings is 2. The van der Waals surface area contributed by atoms with Crippen molar-refractivity contribution in [3.05, 3.63) is 64.2 Å². The monoisotopic (exact) mass is 521 g/mol. The molecule has 1 atom stereocenters. The number of hydrogen-bond acceptors (Lipinski definition) is 4. The van der Waals surface area contributed by atoms with Crippen LogP contribution in [0.4, 0.5) is 5.69 Å². The summed E-state index contributed by atoms with van der Waals surface area (Å²) >= 11 is 6.37. The van der Waals surface area contributed by atoms with Gasteiger partial charge in [-0.25, -0.2) is 8.42 Å². The Morgan fingerprint density at radius 3 is 2.34 bits per heavy atom. The molecule has 0 aliphatic heterocycles. The number of carbonyl (C=O) groups is 2. The van der Waals surface area contributed by atoms with Crippen LogP contribution in [0.3, 0.4) is 0 Å². The predicted molar refractivity (Wildman–Crippen MR) is 142 cm³/mol. The third-order valence-electron chi connectivity index (χ3n) is 5.81. The van der Waals surface area contributed by atoms with Crippen LogP contribution in [0.25, 0.3) is 0 Å². The molecule has 2 aromatic rings. The molecular formula is C26H36ClN3O4S. The fourth-order valence-electron chi connectivity index (χ4n) is 3.92. The Labute approximate surface area is 214 Å². The van der Waals surface area contributed by atoms with Crippen molar-refractivity contribution < 1.29 is 18.0 Å². The molecule has 0 bridgehead atoms. The first-order valence-electron chi connectivity index (χ1n) is 11.8. The van der Waals surface area contributed by atoms with E-state index in [-0.39, 0.29) is 12.5 Å². The third kappa shape index (κ3) is 7.97. The number of amides is 2. The largest absolute Gasteiger partial charge is 0.354 e. The molecule has 1 N–H and O–H groups in total. The lowest BCUT2D eigenvalue weighted by molar-refractivity contribution is -0.140. The van der Waals surface area contributed by atoms with E-state index in [1.165, 1.54) is 4.90 Å². The second kappa shape index (κ2) is 12.9. The Bertz CT molecular complexity index is 1140. The van der Waals surface area contributed by atoms with Gasteiger partial charge in [0.15, 0.2) is 0 Å². The summed E-state index contributed by atoms with van der Waals surface area (Å²) in [6.07, 6.45) is 3.21. The molecule has 0 aromatic heterocycles. The number of halogens is 1. The zero-order valence-electron chi connectivity index (χ0n) is 21.2. The van der Waals surface area contributed by atoms with Crippen LogP contribution in [0.5, 0.6) is 0 Å². The van der Waals surface area contributed by atoms with E-state index in [0.717, 1.165) is 34.5 Å². The van der Waals surface area contributed by atoms with E-state index in [1.807, 2.05) is 45.9 Å². The number of anilines is 1. The van der Waals surface area contributed by atoms with Crippen LogP contribution >= 0.6 is 11.6 Å². The average molecular weight is 522 g/mol. The van der Waals surface area contributed by atoms with Crippen LogP contribution in [-0.4, -0.2) is 50.5 Å². The van der Waals surface area contributed by atoms with E-state index in [0.29, 0.717) is 29.2 Å². The minimum atomic E-state index is -3.77. The summed E-state index contributed by atoms with van der Waals surface area (Å²) in [6, 6.07) is 11.7. The van der Waals surface area contributed by atoms with Crippen molar-refractivity contribution >= 4 is 39.1 Å². The highest BCUT2D eigenvalue weighted by Gasteiger charge is 2.32. The van der Waals surface area contributed by atoms with Crippen LogP contribution in [-0.2, 0) is 26.2 Å². The number of sulfonamides is 1. The Morgan fingerprint density at radius 1 is 1.09 bits per heavy atom. The van der Waals surface area contributed by atoms with Crippen LogP contribution in [0.1, 0.15) is 49.8 Å². The number of rotatable bonds is 12. The van der Waals surface area contributed by atoms with Gasteiger partial charge in [-0.2, -0.15) is 0 Å². The minimum absolute atomic E-state index is 0.0860. The number of nitrogens with zero attached hydrogens (tertiary/aromatic N) is 2. The highest BCUT2D eigenvalue weighted by molar-refractivity contribution is 7.92. The van der Waals surface area contributed by atoms with E-state index < -0.39 is 28.5 Å². The molecule has 0 aliphatic rings. The average Bonchev–Trinajstić information content (AvgIpc) is 2.78. The highest BCUT2D eigenvalue weighted by Crippen LogP contribution is 2.25. The van der Waals surface area contributed by atoms with Crippen molar-refractivity contribution in [2.45, 2.75) is 59.5 Å². The number of unbranched alkanes of at least 4 members (excludes halogenated alkanes) is 1. The molecule has 0 heterocycles. The first-order chi connectivity index (χ1) is 16.5. The predicted octanol–water partition coefficient (Wildman–Crippen LogP) is 4.45. The normalized spacial score (nSPS) is 12.2. The molecule has 0 spiro atoms. The van der Waals surface area contributed by atoms with Gasteiger partial charge in [0.25, 0.3) is 0 Å². The minimum Gasteiger partial charge on any atom is -0.354 e. The topological polar surface area (TPSA) is 86.8 Å². The molecule has 192 valence electrons. The van der Waals surface area contributed by atoms with Gasteiger partial charge in [-0.3, -0.25) is 13.9 Å². The molecule has 0 radical (unpaired) electrons. The van der Waals surface area contributed by atoms with E-state index in [2.05, 4.69) is 5.32 Å². The molecule has 2 aromatic carbocycles. The lowest BCUT2D eigenvalue weighted by atomic mass is 10.1. The molecule has 35 heavy (non-hydrogen) atoms. The van der Waals surface area contributed by atoms with Gasteiger partial charge in [-0.1, -0.05) is 67.8 Å². The summed E-state index contributed by atoms with van der Waals surface area (Å²) in [5.41, 5.74) is 2.84. The number of hydrogen-bond donors (Lipinski definition) is 1. The summed E-state index contributed by atoms with van der Waals surface area (Å²) in [6.45, 7) is 7.76. The molecule has 0 saturated heterocycles. The van der Waals surface area contributed by atoms with Crippen molar-refractivity contribution in [1.29, 1.82) is 0 Å². The second-order valence-electron chi connectivity index (χ2n) is 8.74. The molecule has 2 rings (SSSR count). The van der Waals surface area contributed by atoms with E-state index in [9.17, 15) is 18.0 Å². The van der Waals surface area contributed by atoms with Gasteiger partial charge in [-0.15, -0.1) is 0 Å². The number of nitrogens with one attached hydrogen (secondary N) is 1. The Kier molecular flexibility index (Phi) is 10.6. The van der Waals surface area contributed by atoms with Gasteiger partial charge in [0.05, 0.1) is 11.9 Å². The fourth-order valence-corrected chi connectivity index (χ4v) is 5.02. The molecule has 7 nitrogen and oxygen atoms in total. The first kappa shape index (κ1) is 28.7. The quantitative estimate of drug-likeness (QED) is 0.418. The van der Waals surface area contributed by atoms with Crippen LogP contribution in [0.15, 0.2) is 42.5 Å². The molecule has 0 unspecified atom stereocenters. The first-order valence-corrected chi connectivity index (χ1v) is 14.1. The molecule has 9 heteroatoms. The van der Waals surface area contributed by atoms with E-state index in [1.54, 1.807) is 24.3 Å². The van der Waals surface area contributed by atoms with Crippen LogP contribution in [0, 0.1) is 13.8 Å². The molecular weight excluding hydrogens is 486 g/mol. The van der Waals surface area contributed by atoms with Gasteiger partial charge < -0.3 is 10.2 Å². The summed E-state index contributed by atoms with van der Waals surface area (Å²) < 4.78 is 26.6. The Hall–Kier alpha value is -2.58. The number of aryl methyl sites for hydroxylation is 2. The van der Waals surface area contributed by atoms with Gasteiger partial charge in [0.2, 0.25) is 21.8 Å². The molecule has 0 fully saturated rings. The maximum atomic E-state index is 13.7. The SMILES string of the molecule is CCCCNC(=O)[C@@H](CC)N(Cc1ccccc1Cl)C(=O)CN(c1ccc(C)cc1C)S(C)(=O)=O. The second-order valence-corrected chi connectivity index (χ2v) is 11.1. The maximum Gasteiger partial charge on any atom is 0.244 e.